The van der Waals surface area contributed by atoms with Crippen LogP contribution in [0.5, 0.6) is 5.88 Å². The van der Waals surface area contributed by atoms with Crippen molar-refractivity contribution in [1.82, 2.24) is 9.97 Å². The Morgan fingerprint density at radius 1 is 1.31 bits per heavy atom. The third-order valence-corrected chi connectivity index (χ3v) is 2.63. The molecule has 0 amide bonds. The lowest BCUT2D eigenvalue weighted by atomic mass is 10.1. The largest absolute Gasteiger partial charge is 0.479 e. The third kappa shape index (κ3) is 1.99. The normalized spacial score (nSPS) is 10.1. The summed E-state index contributed by atoms with van der Waals surface area (Å²) in [5.74, 6) is 0.393. The molecule has 2 rings (SSSR count). The summed E-state index contributed by atoms with van der Waals surface area (Å²) in [4.78, 5) is 8.10. The van der Waals surface area contributed by atoms with Gasteiger partial charge in [0.25, 0.3) is 0 Å². The standard InChI is InChI=1S/C11H10BrN3O/c1-16-11-9(13)10(14-6-15-11)7-3-2-4-8(12)5-7/h2-6H,13H2,1H3. The fraction of sp³-hybridized carbons (Fsp3) is 0.0909. The second-order valence-corrected chi connectivity index (χ2v) is 4.07. The minimum absolute atomic E-state index is 0.393. The Hall–Kier alpha value is -1.62. The van der Waals surface area contributed by atoms with Crippen molar-refractivity contribution in [3.05, 3.63) is 35.1 Å². The number of methoxy groups -OCH3 is 1. The van der Waals surface area contributed by atoms with E-state index in [2.05, 4.69) is 25.9 Å². The Labute approximate surface area is 102 Å². The van der Waals surface area contributed by atoms with Gasteiger partial charge in [-0.15, -0.1) is 0 Å². The number of aromatic nitrogens is 2. The van der Waals surface area contributed by atoms with Crippen LogP contribution in [0.2, 0.25) is 0 Å². The first-order valence-corrected chi connectivity index (χ1v) is 5.42. The predicted molar refractivity (Wildman–Crippen MR) is 66.1 cm³/mol. The molecule has 2 N–H and O–H groups in total. The van der Waals surface area contributed by atoms with Crippen LogP contribution in [0.15, 0.2) is 35.1 Å². The van der Waals surface area contributed by atoms with Crippen LogP contribution in [-0.2, 0) is 0 Å². The van der Waals surface area contributed by atoms with Crippen LogP contribution in [0.3, 0.4) is 0 Å². The van der Waals surface area contributed by atoms with Gasteiger partial charge in [-0.1, -0.05) is 28.1 Å². The summed E-state index contributed by atoms with van der Waals surface area (Å²) in [7, 11) is 1.53. The summed E-state index contributed by atoms with van der Waals surface area (Å²) in [6, 6.07) is 7.74. The van der Waals surface area contributed by atoms with Crippen molar-refractivity contribution in [3.8, 4) is 17.1 Å². The fourth-order valence-electron chi connectivity index (χ4n) is 1.41. The smallest absolute Gasteiger partial charge is 0.240 e. The monoisotopic (exact) mass is 279 g/mol. The molecule has 0 aliphatic heterocycles. The highest BCUT2D eigenvalue weighted by atomic mass is 79.9. The van der Waals surface area contributed by atoms with E-state index in [4.69, 9.17) is 10.5 Å². The number of nitrogens with zero attached hydrogens (tertiary/aromatic N) is 2. The minimum Gasteiger partial charge on any atom is -0.479 e. The molecule has 0 saturated heterocycles. The zero-order valence-corrected chi connectivity index (χ0v) is 10.2. The molecule has 0 bridgehead atoms. The van der Waals surface area contributed by atoms with Gasteiger partial charge < -0.3 is 10.5 Å². The van der Waals surface area contributed by atoms with E-state index in [1.807, 2.05) is 24.3 Å². The van der Waals surface area contributed by atoms with Crippen LogP contribution in [-0.4, -0.2) is 17.1 Å². The number of nitrogen functional groups attached to an aromatic ring is 1. The Morgan fingerprint density at radius 2 is 2.12 bits per heavy atom. The Kier molecular flexibility index (Phi) is 3.05. The molecule has 1 heterocycles. The van der Waals surface area contributed by atoms with Gasteiger partial charge in [0.15, 0.2) is 0 Å². The van der Waals surface area contributed by atoms with Crippen molar-refractivity contribution < 1.29 is 4.74 Å². The average molecular weight is 280 g/mol. The van der Waals surface area contributed by atoms with Crippen LogP contribution in [0.25, 0.3) is 11.3 Å². The van der Waals surface area contributed by atoms with Crippen molar-refractivity contribution >= 4 is 21.6 Å². The summed E-state index contributed by atoms with van der Waals surface area (Å²) in [6.07, 6.45) is 1.44. The van der Waals surface area contributed by atoms with Crippen LogP contribution < -0.4 is 10.5 Å². The lowest BCUT2D eigenvalue weighted by molar-refractivity contribution is 0.399. The van der Waals surface area contributed by atoms with Crippen molar-refractivity contribution in [2.75, 3.05) is 12.8 Å². The maximum atomic E-state index is 5.91. The molecule has 5 heteroatoms. The quantitative estimate of drug-likeness (QED) is 0.918. The van der Waals surface area contributed by atoms with Gasteiger partial charge in [-0.2, -0.15) is 4.98 Å². The molecule has 82 valence electrons. The van der Waals surface area contributed by atoms with E-state index in [0.29, 0.717) is 17.3 Å². The maximum absolute atomic E-state index is 5.91. The summed E-state index contributed by atoms with van der Waals surface area (Å²) in [5, 5.41) is 0. The van der Waals surface area contributed by atoms with Gasteiger partial charge in [0.2, 0.25) is 5.88 Å². The number of halogens is 1. The summed E-state index contributed by atoms with van der Waals surface area (Å²) in [5.41, 5.74) is 7.96. The fourth-order valence-corrected chi connectivity index (χ4v) is 1.81. The lowest BCUT2D eigenvalue weighted by Gasteiger charge is -2.07. The van der Waals surface area contributed by atoms with Crippen molar-refractivity contribution in [3.63, 3.8) is 0 Å². The first-order chi connectivity index (χ1) is 7.72. The molecule has 0 atom stereocenters. The molecule has 0 aliphatic rings. The zero-order valence-electron chi connectivity index (χ0n) is 8.64. The van der Waals surface area contributed by atoms with Gasteiger partial charge in [0.05, 0.1) is 7.11 Å². The molecular formula is C11H10BrN3O. The van der Waals surface area contributed by atoms with Gasteiger partial charge >= 0.3 is 0 Å². The predicted octanol–water partition coefficient (Wildman–Crippen LogP) is 2.50. The second kappa shape index (κ2) is 4.49. The lowest BCUT2D eigenvalue weighted by Crippen LogP contribution is -1.99. The van der Waals surface area contributed by atoms with Crippen molar-refractivity contribution in [1.29, 1.82) is 0 Å². The van der Waals surface area contributed by atoms with E-state index in [9.17, 15) is 0 Å². The Bertz CT molecular complexity index is 516. The second-order valence-electron chi connectivity index (χ2n) is 3.16. The number of benzene rings is 1. The zero-order chi connectivity index (χ0) is 11.5. The highest BCUT2D eigenvalue weighted by Crippen LogP contribution is 2.30. The average Bonchev–Trinajstić information content (AvgIpc) is 2.29. The number of hydrogen-bond acceptors (Lipinski definition) is 4. The molecule has 0 saturated carbocycles. The number of nitrogens with two attached hydrogens (primary N) is 1. The number of rotatable bonds is 2. The minimum atomic E-state index is 0.393. The van der Waals surface area contributed by atoms with E-state index >= 15 is 0 Å². The van der Waals surface area contributed by atoms with Gasteiger partial charge in [-0.25, -0.2) is 4.98 Å². The highest BCUT2D eigenvalue weighted by Gasteiger charge is 2.10. The van der Waals surface area contributed by atoms with Gasteiger partial charge in [0, 0.05) is 10.0 Å². The van der Waals surface area contributed by atoms with E-state index in [1.165, 1.54) is 13.4 Å². The molecular weight excluding hydrogens is 270 g/mol. The van der Waals surface area contributed by atoms with E-state index in [-0.39, 0.29) is 0 Å². The van der Waals surface area contributed by atoms with Crippen LogP contribution >= 0.6 is 15.9 Å². The van der Waals surface area contributed by atoms with Gasteiger partial charge in [-0.3, -0.25) is 0 Å². The van der Waals surface area contributed by atoms with Crippen molar-refractivity contribution in [2.24, 2.45) is 0 Å². The van der Waals surface area contributed by atoms with Crippen LogP contribution in [0.1, 0.15) is 0 Å². The SMILES string of the molecule is COc1ncnc(-c2cccc(Br)c2)c1N. The van der Waals surface area contributed by atoms with E-state index in [1.54, 1.807) is 0 Å². The topological polar surface area (TPSA) is 61.0 Å². The highest BCUT2D eigenvalue weighted by molar-refractivity contribution is 9.10. The summed E-state index contributed by atoms with van der Waals surface area (Å²) in [6.45, 7) is 0. The molecule has 0 aliphatic carbocycles. The number of hydrogen-bond donors (Lipinski definition) is 1. The molecule has 1 aromatic heterocycles. The van der Waals surface area contributed by atoms with E-state index < -0.39 is 0 Å². The third-order valence-electron chi connectivity index (χ3n) is 2.14. The van der Waals surface area contributed by atoms with Crippen LogP contribution in [0, 0.1) is 0 Å². The van der Waals surface area contributed by atoms with Crippen molar-refractivity contribution in [2.45, 2.75) is 0 Å². The number of ether oxygens (including phenoxy) is 1. The molecule has 0 spiro atoms. The van der Waals surface area contributed by atoms with Gasteiger partial charge in [0.1, 0.15) is 17.7 Å². The molecule has 0 unspecified atom stereocenters. The molecule has 16 heavy (non-hydrogen) atoms. The molecule has 0 fully saturated rings. The number of anilines is 1. The summed E-state index contributed by atoms with van der Waals surface area (Å²) >= 11 is 3.40. The molecule has 4 nitrogen and oxygen atoms in total. The van der Waals surface area contributed by atoms with Crippen LogP contribution in [0.4, 0.5) is 5.69 Å². The Balaban J connectivity index is 2.56. The maximum Gasteiger partial charge on any atom is 0.240 e. The Morgan fingerprint density at radius 3 is 2.81 bits per heavy atom. The molecule has 2 aromatic rings. The first-order valence-electron chi connectivity index (χ1n) is 4.63. The van der Waals surface area contributed by atoms with E-state index in [0.717, 1.165) is 10.0 Å². The molecule has 1 aromatic carbocycles. The first kappa shape index (κ1) is 10.9. The van der Waals surface area contributed by atoms with Gasteiger partial charge in [-0.05, 0) is 12.1 Å². The molecule has 0 radical (unpaired) electrons. The summed E-state index contributed by atoms with van der Waals surface area (Å²) < 4.78 is 6.02.